The fraction of sp³-hybridized carbons (Fsp3) is 0.333. The number of nitrogens with one attached hydrogen (secondary N) is 1. The summed E-state index contributed by atoms with van der Waals surface area (Å²) in [6.45, 7) is 5.37. The summed E-state index contributed by atoms with van der Waals surface area (Å²) in [6.07, 6.45) is 0.993. The summed E-state index contributed by atoms with van der Waals surface area (Å²) in [5, 5.41) is 12.9. The predicted molar refractivity (Wildman–Crippen MR) is 83.8 cm³/mol. The Hall–Kier alpha value is -1.80. The van der Waals surface area contributed by atoms with Gasteiger partial charge in [0.2, 0.25) is 0 Å². The highest BCUT2D eigenvalue weighted by Crippen LogP contribution is 2.25. The molecule has 2 aromatic carbocycles. The van der Waals surface area contributed by atoms with Gasteiger partial charge in [0.15, 0.2) is 0 Å². The van der Waals surface area contributed by atoms with Crippen molar-refractivity contribution in [1.82, 2.24) is 5.32 Å². The Bertz CT molecular complexity index is 507. The Morgan fingerprint density at radius 3 is 2.25 bits per heavy atom. The Morgan fingerprint density at radius 1 is 1.00 bits per heavy atom. The fourth-order valence-corrected chi connectivity index (χ4v) is 2.65. The Kier molecular flexibility index (Phi) is 5.19. The van der Waals surface area contributed by atoms with Crippen molar-refractivity contribution in [1.29, 1.82) is 0 Å². The van der Waals surface area contributed by atoms with Crippen LogP contribution in [0.5, 0.6) is 5.75 Å². The molecule has 0 fully saturated rings. The maximum Gasteiger partial charge on any atom is 0.115 e. The molecule has 2 rings (SSSR count). The molecule has 0 aromatic heterocycles. The van der Waals surface area contributed by atoms with Crippen LogP contribution in [0.2, 0.25) is 0 Å². The molecule has 2 N–H and O–H groups in total. The third kappa shape index (κ3) is 3.84. The monoisotopic (exact) mass is 269 g/mol. The van der Waals surface area contributed by atoms with Crippen LogP contribution >= 0.6 is 0 Å². The summed E-state index contributed by atoms with van der Waals surface area (Å²) in [5.41, 5.74) is 2.59. The maximum absolute atomic E-state index is 9.35. The van der Waals surface area contributed by atoms with Gasteiger partial charge in [-0.25, -0.2) is 0 Å². The minimum absolute atomic E-state index is 0.327. The average Bonchev–Trinajstić information content (AvgIpc) is 2.48. The van der Waals surface area contributed by atoms with Gasteiger partial charge < -0.3 is 10.4 Å². The number of phenolic OH excluding ortho intramolecular Hbond substituents is 1. The summed E-state index contributed by atoms with van der Waals surface area (Å²) in [5.74, 6) is 0.814. The quantitative estimate of drug-likeness (QED) is 0.833. The van der Waals surface area contributed by atoms with Crippen LogP contribution in [0.1, 0.15) is 31.0 Å². The summed E-state index contributed by atoms with van der Waals surface area (Å²) < 4.78 is 0. The van der Waals surface area contributed by atoms with Crippen LogP contribution in [0.25, 0.3) is 0 Å². The highest BCUT2D eigenvalue weighted by atomic mass is 16.3. The largest absolute Gasteiger partial charge is 0.508 e. The van der Waals surface area contributed by atoms with E-state index in [2.05, 4.69) is 49.5 Å². The lowest BCUT2D eigenvalue weighted by Crippen LogP contribution is -2.27. The molecule has 0 aliphatic heterocycles. The minimum atomic E-state index is 0.327. The first-order valence-electron chi connectivity index (χ1n) is 7.27. The molecule has 20 heavy (non-hydrogen) atoms. The van der Waals surface area contributed by atoms with Crippen LogP contribution in [-0.4, -0.2) is 11.7 Å². The number of aromatic hydroxyl groups is 1. The average molecular weight is 269 g/mol. The van der Waals surface area contributed by atoms with Crippen LogP contribution in [0.4, 0.5) is 0 Å². The van der Waals surface area contributed by atoms with E-state index in [4.69, 9.17) is 0 Å². The summed E-state index contributed by atoms with van der Waals surface area (Å²) >= 11 is 0. The molecule has 0 bridgehead atoms. The third-order valence-corrected chi connectivity index (χ3v) is 3.65. The number of phenols is 1. The topological polar surface area (TPSA) is 32.3 Å². The molecule has 0 saturated carbocycles. The molecule has 2 aromatic rings. The molecule has 106 valence electrons. The summed E-state index contributed by atoms with van der Waals surface area (Å²) in [7, 11) is 0. The number of benzene rings is 2. The molecular weight excluding hydrogens is 246 g/mol. The molecule has 0 aliphatic rings. The second-order valence-corrected chi connectivity index (χ2v) is 5.29. The molecule has 0 spiro atoms. The summed E-state index contributed by atoms with van der Waals surface area (Å²) in [4.78, 5) is 0. The van der Waals surface area contributed by atoms with Gasteiger partial charge in [-0.1, -0.05) is 56.3 Å². The normalized spacial score (nSPS) is 13.9. The number of rotatable bonds is 6. The van der Waals surface area contributed by atoms with E-state index in [1.807, 2.05) is 12.1 Å². The van der Waals surface area contributed by atoms with Gasteiger partial charge in [-0.15, -0.1) is 0 Å². The zero-order valence-electron chi connectivity index (χ0n) is 12.2. The van der Waals surface area contributed by atoms with Gasteiger partial charge in [-0.2, -0.15) is 0 Å². The van der Waals surface area contributed by atoms with Crippen molar-refractivity contribution in [2.75, 3.05) is 6.54 Å². The van der Waals surface area contributed by atoms with E-state index in [-0.39, 0.29) is 0 Å². The van der Waals surface area contributed by atoms with Crippen molar-refractivity contribution in [3.8, 4) is 5.75 Å². The van der Waals surface area contributed by atoms with Crippen LogP contribution in [0.15, 0.2) is 54.6 Å². The Morgan fingerprint density at radius 2 is 1.65 bits per heavy atom. The lowest BCUT2D eigenvalue weighted by atomic mass is 9.89. The van der Waals surface area contributed by atoms with E-state index in [0.717, 1.165) is 13.0 Å². The van der Waals surface area contributed by atoms with Crippen molar-refractivity contribution >= 4 is 0 Å². The first-order valence-corrected chi connectivity index (χ1v) is 7.27. The number of hydrogen-bond acceptors (Lipinski definition) is 2. The lowest BCUT2D eigenvalue weighted by Gasteiger charge is -2.25. The lowest BCUT2D eigenvalue weighted by molar-refractivity contribution is 0.391. The molecule has 2 atom stereocenters. The third-order valence-electron chi connectivity index (χ3n) is 3.65. The molecule has 0 saturated heterocycles. The van der Waals surface area contributed by atoms with E-state index in [1.165, 1.54) is 11.1 Å². The second-order valence-electron chi connectivity index (χ2n) is 5.29. The number of hydrogen-bond donors (Lipinski definition) is 2. The van der Waals surface area contributed by atoms with Crippen LogP contribution in [-0.2, 0) is 6.42 Å². The van der Waals surface area contributed by atoms with Gasteiger partial charge in [-0.3, -0.25) is 0 Å². The van der Waals surface area contributed by atoms with E-state index < -0.39 is 0 Å². The van der Waals surface area contributed by atoms with Crippen molar-refractivity contribution in [3.05, 3.63) is 65.7 Å². The van der Waals surface area contributed by atoms with Crippen molar-refractivity contribution in [3.63, 3.8) is 0 Å². The predicted octanol–water partition coefficient (Wildman–Crippen LogP) is 3.92. The molecule has 0 radical (unpaired) electrons. The van der Waals surface area contributed by atoms with Crippen molar-refractivity contribution in [2.24, 2.45) is 5.92 Å². The van der Waals surface area contributed by atoms with E-state index in [0.29, 0.717) is 17.7 Å². The highest BCUT2D eigenvalue weighted by Gasteiger charge is 2.18. The first kappa shape index (κ1) is 14.6. The molecule has 2 heteroatoms. The van der Waals surface area contributed by atoms with Gasteiger partial charge >= 0.3 is 0 Å². The van der Waals surface area contributed by atoms with Crippen LogP contribution in [0.3, 0.4) is 0 Å². The zero-order valence-corrected chi connectivity index (χ0v) is 12.2. The van der Waals surface area contributed by atoms with Gasteiger partial charge in [-0.05, 0) is 42.1 Å². The molecule has 0 amide bonds. The molecule has 0 heterocycles. The second kappa shape index (κ2) is 7.11. The maximum atomic E-state index is 9.35. The van der Waals surface area contributed by atoms with Gasteiger partial charge in [0.1, 0.15) is 5.75 Å². The fourth-order valence-electron chi connectivity index (χ4n) is 2.65. The highest BCUT2D eigenvalue weighted by molar-refractivity contribution is 5.27. The standard InChI is InChI=1S/C18H23NO/c1-3-19-18(16-7-5-4-6-8-16)14(2)13-15-9-11-17(20)12-10-15/h4-12,14,18-20H,3,13H2,1-2H3. The molecule has 0 aliphatic carbocycles. The van der Waals surface area contributed by atoms with Gasteiger partial charge in [0.05, 0.1) is 0 Å². The first-order chi connectivity index (χ1) is 9.70. The van der Waals surface area contributed by atoms with Crippen LogP contribution in [0, 0.1) is 5.92 Å². The molecule has 2 unspecified atom stereocenters. The van der Waals surface area contributed by atoms with Gasteiger partial charge in [0, 0.05) is 6.04 Å². The van der Waals surface area contributed by atoms with Crippen LogP contribution < -0.4 is 5.32 Å². The Balaban J connectivity index is 2.11. The van der Waals surface area contributed by atoms with E-state index >= 15 is 0 Å². The zero-order chi connectivity index (χ0) is 14.4. The molecule has 2 nitrogen and oxygen atoms in total. The van der Waals surface area contributed by atoms with E-state index in [9.17, 15) is 5.11 Å². The van der Waals surface area contributed by atoms with Gasteiger partial charge in [0.25, 0.3) is 0 Å². The van der Waals surface area contributed by atoms with E-state index in [1.54, 1.807) is 12.1 Å². The molecular formula is C18H23NO. The Labute approximate surface area is 121 Å². The summed E-state index contributed by atoms with van der Waals surface area (Å²) in [6, 6.07) is 18.5. The van der Waals surface area contributed by atoms with Crippen molar-refractivity contribution in [2.45, 2.75) is 26.3 Å². The van der Waals surface area contributed by atoms with Crippen molar-refractivity contribution < 1.29 is 5.11 Å². The minimum Gasteiger partial charge on any atom is -0.508 e. The SMILES string of the molecule is CCNC(c1ccccc1)C(C)Cc1ccc(O)cc1. The smallest absolute Gasteiger partial charge is 0.115 e.